The van der Waals surface area contributed by atoms with Crippen molar-refractivity contribution in [3.63, 3.8) is 0 Å². The molecule has 0 saturated heterocycles. The van der Waals surface area contributed by atoms with E-state index in [0.717, 1.165) is 5.56 Å². The topological polar surface area (TPSA) is 43.8 Å². The van der Waals surface area contributed by atoms with Gasteiger partial charge < -0.3 is 5.73 Å². The molecular weight excluding hydrogens is 309 g/mol. The van der Waals surface area contributed by atoms with Crippen LogP contribution in [0.15, 0.2) is 28.9 Å². The fourth-order valence-corrected chi connectivity index (χ4v) is 2.84. The second-order valence-electron chi connectivity index (χ2n) is 5.12. The lowest BCUT2D eigenvalue weighted by molar-refractivity contribution is 0.441. The first-order valence-corrected chi connectivity index (χ1v) is 7.15. The molecule has 0 radical (unpaired) electrons. The summed E-state index contributed by atoms with van der Waals surface area (Å²) in [7, 11) is 0. The van der Waals surface area contributed by atoms with Gasteiger partial charge in [-0.1, -0.05) is 0 Å². The predicted octanol–water partition coefficient (Wildman–Crippen LogP) is 4.00. The van der Waals surface area contributed by atoms with E-state index < -0.39 is 0 Å². The van der Waals surface area contributed by atoms with E-state index in [4.69, 9.17) is 5.73 Å². The number of rotatable bonds is 3. The molecule has 1 saturated carbocycles. The van der Waals surface area contributed by atoms with E-state index in [1.807, 2.05) is 10.9 Å². The Morgan fingerprint density at radius 2 is 2.21 bits per heavy atom. The Kier molecular flexibility index (Phi) is 3.09. The van der Waals surface area contributed by atoms with Crippen molar-refractivity contribution >= 4 is 21.6 Å². The van der Waals surface area contributed by atoms with Crippen LogP contribution in [-0.2, 0) is 0 Å². The van der Waals surface area contributed by atoms with E-state index in [2.05, 4.69) is 28.0 Å². The summed E-state index contributed by atoms with van der Waals surface area (Å²) in [5, 5.41) is 4.57. The zero-order valence-corrected chi connectivity index (χ0v) is 12.2. The normalized spacial score (nSPS) is 16.6. The van der Waals surface area contributed by atoms with Gasteiger partial charge in [0.15, 0.2) is 0 Å². The number of nitrogen functional groups attached to an aromatic ring is 1. The minimum absolute atomic E-state index is 0.278. The summed E-state index contributed by atoms with van der Waals surface area (Å²) in [6, 6.07) is 4.92. The fourth-order valence-electron chi connectivity index (χ4n) is 2.30. The largest absolute Gasteiger partial charge is 0.396 e. The second-order valence-corrected chi connectivity index (χ2v) is 5.97. The molecule has 1 unspecified atom stereocenters. The highest BCUT2D eigenvalue weighted by Crippen LogP contribution is 2.40. The summed E-state index contributed by atoms with van der Waals surface area (Å²) in [5.41, 5.74) is 8.19. The van der Waals surface area contributed by atoms with Crippen molar-refractivity contribution in [2.75, 3.05) is 5.73 Å². The Morgan fingerprint density at radius 1 is 1.47 bits per heavy atom. The van der Waals surface area contributed by atoms with Crippen molar-refractivity contribution in [2.45, 2.75) is 25.8 Å². The van der Waals surface area contributed by atoms with E-state index >= 15 is 0 Å². The van der Waals surface area contributed by atoms with Gasteiger partial charge in [-0.05, 0) is 59.8 Å². The zero-order valence-electron chi connectivity index (χ0n) is 10.6. The maximum absolute atomic E-state index is 13.1. The first-order chi connectivity index (χ1) is 9.06. The summed E-state index contributed by atoms with van der Waals surface area (Å²) < 4.78 is 15.7. The molecule has 1 atom stereocenters. The molecule has 1 aromatic heterocycles. The monoisotopic (exact) mass is 323 g/mol. The molecule has 0 amide bonds. The van der Waals surface area contributed by atoms with Crippen LogP contribution in [0.3, 0.4) is 0 Å². The van der Waals surface area contributed by atoms with E-state index in [0.29, 0.717) is 27.8 Å². The molecule has 3 nitrogen and oxygen atoms in total. The van der Waals surface area contributed by atoms with Crippen LogP contribution in [0.4, 0.5) is 10.1 Å². The van der Waals surface area contributed by atoms with Crippen LogP contribution in [0.1, 0.15) is 25.8 Å². The average Bonchev–Trinajstić information content (AvgIpc) is 3.13. The maximum Gasteiger partial charge on any atom is 0.124 e. The lowest BCUT2D eigenvalue weighted by atomic mass is 10.1. The summed E-state index contributed by atoms with van der Waals surface area (Å²) in [6.07, 6.45) is 4.39. The van der Waals surface area contributed by atoms with Gasteiger partial charge in [0.1, 0.15) is 11.5 Å². The van der Waals surface area contributed by atoms with Gasteiger partial charge in [0, 0.05) is 16.2 Å². The standard InChI is InChI=1S/C14H15BrFN3/c1-8(9-2-3-9)19-7-13(17)14(18-19)11-5-4-10(16)6-12(11)15/h4-9H,2-3,17H2,1H3. The molecule has 0 bridgehead atoms. The molecule has 1 aliphatic carbocycles. The van der Waals surface area contributed by atoms with E-state index in [9.17, 15) is 4.39 Å². The minimum Gasteiger partial charge on any atom is -0.396 e. The van der Waals surface area contributed by atoms with Gasteiger partial charge >= 0.3 is 0 Å². The maximum atomic E-state index is 13.1. The predicted molar refractivity (Wildman–Crippen MR) is 77.2 cm³/mol. The van der Waals surface area contributed by atoms with Crippen molar-refractivity contribution in [2.24, 2.45) is 5.92 Å². The number of nitrogens with two attached hydrogens (primary N) is 1. The number of halogens is 2. The molecule has 3 rings (SSSR count). The molecule has 100 valence electrons. The number of aromatic nitrogens is 2. The Bertz CT molecular complexity index is 619. The summed E-state index contributed by atoms with van der Waals surface area (Å²) >= 11 is 3.36. The highest BCUT2D eigenvalue weighted by Gasteiger charge is 2.30. The van der Waals surface area contributed by atoms with Crippen LogP contribution in [0.2, 0.25) is 0 Å². The fraction of sp³-hybridized carbons (Fsp3) is 0.357. The lowest BCUT2D eigenvalue weighted by Crippen LogP contribution is -2.07. The Balaban J connectivity index is 2.00. The third-order valence-corrected chi connectivity index (χ3v) is 4.32. The van der Waals surface area contributed by atoms with Crippen molar-refractivity contribution in [1.29, 1.82) is 0 Å². The van der Waals surface area contributed by atoms with Crippen LogP contribution in [0.5, 0.6) is 0 Å². The van der Waals surface area contributed by atoms with Crippen LogP contribution in [0, 0.1) is 11.7 Å². The molecule has 1 heterocycles. The van der Waals surface area contributed by atoms with Gasteiger partial charge in [-0.2, -0.15) is 5.10 Å². The van der Waals surface area contributed by atoms with E-state index in [1.54, 1.807) is 6.07 Å². The average molecular weight is 324 g/mol. The Labute approximate surface area is 119 Å². The van der Waals surface area contributed by atoms with E-state index in [1.165, 1.54) is 25.0 Å². The quantitative estimate of drug-likeness (QED) is 0.927. The number of hydrogen-bond donors (Lipinski definition) is 1. The highest BCUT2D eigenvalue weighted by molar-refractivity contribution is 9.10. The molecule has 0 aliphatic heterocycles. The SMILES string of the molecule is CC(C1CC1)n1cc(N)c(-c2ccc(F)cc2Br)n1. The van der Waals surface area contributed by atoms with Gasteiger partial charge in [-0.25, -0.2) is 4.39 Å². The molecular formula is C14H15BrFN3. The van der Waals surface area contributed by atoms with Crippen LogP contribution < -0.4 is 5.73 Å². The number of hydrogen-bond acceptors (Lipinski definition) is 2. The third-order valence-electron chi connectivity index (χ3n) is 3.67. The van der Waals surface area contributed by atoms with Gasteiger partial charge in [0.05, 0.1) is 11.7 Å². The highest BCUT2D eigenvalue weighted by atomic mass is 79.9. The van der Waals surface area contributed by atoms with Crippen molar-refractivity contribution in [3.05, 3.63) is 34.7 Å². The van der Waals surface area contributed by atoms with E-state index in [-0.39, 0.29) is 5.82 Å². The van der Waals surface area contributed by atoms with Crippen molar-refractivity contribution in [1.82, 2.24) is 9.78 Å². The van der Waals surface area contributed by atoms with Gasteiger partial charge in [-0.15, -0.1) is 0 Å². The van der Waals surface area contributed by atoms with Crippen molar-refractivity contribution < 1.29 is 4.39 Å². The number of nitrogens with zero attached hydrogens (tertiary/aromatic N) is 2. The number of benzene rings is 1. The Hall–Kier alpha value is -1.36. The lowest BCUT2D eigenvalue weighted by Gasteiger charge is -2.09. The van der Waals surface area contributed by atoms with Crippen LogP contribution >= 0.6 is 15.9 Å². The van der Waals surface area contributed by atoms with Crippen molar-refractivity contribution in [3.8, 4) is 11.3 Å². The summed E-state index contributed by atoms with van der Waals surface area (Å²) in [6.45, 7) is 2.16. The van der Waals surface area contributed by atoms with Gasteiger partial charge in [0.2, 0.25) is 0 Å². The molecule has 2 N–H and O–H groups in total. The second kappa shape index (κ2) is 4.63. The zero-order chi connectivity index (χ0) is 13.6. The molecule has 1 fully saturated rings. The summed E-state index contributed by atoms with van der Waals surface area (Å²) in [5.74, 6) is 0.434. The molecule has 1 aliphatic rings. The molecule has 1 aromatic carbocycles. The van der Waals surface area contributed by atoms with Crippen LogP contribution in [-0.4, -0.2) is 9.78 Å². The van der Waals surface area contributed by atoms with Crippen LogP contribution in [0.25, 0.3) is 11.3 Å². The smallest absolute Gasteiger partial charge is 0.124 e. The molecule has 0 spiro atoms. The van der Waals surface area contributed by atoms with Gasteiger partial charge in [0.25, 0.3) is 0 Å². The Morgan fingerprint density at radius 3 is 2.84 bits per heavy atom. The van der Waals surface area contributed by atoms with Gasteiger partial charge in [-0.3, -0.25) is 4.68 Å². The summed E-state index contributed by atoms with van der Waals surface area (Å²) in [4.78, 5) is 0. The first-order valence-electron chi connectivity index (χ1n) is 6.36. The molecule has 19 heavy (non-hydrogen) atoms. The first kappa shape index (κ1) is 12.7. The molecule has 5 heteroatoms. The minimum atomic E-state index is -0.278. The number of anilines is 1. The molecule has 2 aromatic rings. The third kappa shape index (κ3) is 2.39.